The molecule has 0 aliphatic heterocycles. The minimum absolute atomic E-state index is 0.0966. The first-order valence-corrected chi connectivity index (χ1v) is 6.23. The minimum Gasteiger partial charge on any atom is -0.496 e. The summed E-state index contributed by atoms with van der Waals surface area (Å²) in [6, 6.07) is 10.5. The van der Waals surface area contributed by atoms with Gasteiger partial charge in [0, 0.05) is 10.0 Å². The van der Waals surface area contributed by atoms with Crippen LogP contribution in [0.5, 0.6) is 5.75 Å². The lowest BCUT2D eigenvalue weighted by Crippen LogP contribution is -2.07. The lowest BCUT2D eigenvalue weighted by atomic mass is 9.98. The summed E-state index contributed by atoms with van der Waals surface area (Å²) < 4.78 is 44.8. The summed E-state index contributed by atoms with van der Waals surface area (Å²) >= 11 is 3.20. The number of rotatable bonds is 2. The molecule has 0 aliphatic rings. The number of para-hydroxylation sites is 1. The Morgan fingerprint density at radius 1 is 1.00 bits per heavy atom. The third-order valence-electron chi connectivity index (χ3n) is 2.68. The van der Waals surface area contributed by atoms with Gasteiger partial charge in [0.2, 0.25) is 0 Å². The molecule has 100 valence electrons. The highest BCUT2D eigenvalue weighted by Gasteiger charge is 2.34. The highest BCUT2D eigenvalue weighted by Crippen LogP contribution is 2.41. The Kier molecular flexibility index (Phi) is 3.85. The number of halogens is 4. The van der Waals surface area contributed by atoms with E-state index in [-0.39, 0.29) is 5.56 Å². The van der Waals surface area contributed by atoms with Crippen LogP contribution in [0.1, 0.15) is 5.56 Å². The minimum atomic E-state index is -4.41. The highest BCUT2D eigenvalue weighted by molar-refractivity contribution is 9.10. The van der Waals surface area contributed by atoms with E-state index in [1.54, 1.807) is 24.3 Å². The van der Waals surface area contributed by atoms with E-state index < -0.39 is 11.7 Å². The van der Waals surface area contributed by atoms with E-state index >= 15 is 0 Å². The molecule has 0 aromatic heterocycles. The topological polar surface area (TPSA) is 9.23 Å². The average molecular weight is 331 g/mol. The molecule has 2 aromatic rings. The normalized spacial score (nSPS) is 11.4. The molecule has 19 heavy (non-hydrogen) atoms. The molecule has 0 atom stereocenters. The van der Waals surface area contributed by atoms with Crippen molar-refractivity contribution in [3.05, 3.63) is 52.5 Å². The monoisotopic (exact) mass is 330 g/mol. The van der Waals surface area contributed by atoms with Gasteiger partial charge in [-0.1, -0.05) is 34.1 Å². The van der Waals surface area contributed by atoms with Gasteiger partial charge >= 0.3 is 6.18 Å². The molecule has 0 unspecified atom stereocenters. The molecule has 0 spiro atoms. The van der Waals surface area contributed by atoms with Crippen molar-refractivity contribution in [2.75, 3.05) is 7.11 Å². The van der Waals surface area contributed by atoms with Crippen LogP contribution in [0, 0.1) is 0 Å². The molecule has 0 aliphatic carbocycles. The van der Waals surface area contributed by atoms with Crippen molar-refractivity contribution in [2.45, 2.75) is 6.18 Å². The third kappa shape index (κ3) is 2.92. The predicted molar refractivity (Wildman–Crippen MR) is 71.1 cm³/mol. The predicted octanol–water partition coefficient (Wildman–Crippen LogP) is 5.14. The van der Waals surface area contributed by atoms with Gasteiger partial charge in [-0.3, -0.25) is 0 Å². The fourth-order valence-corrected chi connectivity index (χ4v) is 2.21. The largest absolute Gasteiger partial charge is 0.496 e. The second kappa shape index (κ2) is 5.25. The summed E-state index contributed by atoms with van der Waals surface area (Å²) in [6.45, 7) is 0. The Balaban J connectivity index is 2.70. The summed E-state index contributed by atoms with van der Waals surface area (Å²) in [5.41, 5.74) is -0.168. The molecule has 2 aromatic carbocycles. The molecule has 0 bridgehead atoms. The van der Waals surface area contributed by atoms with Crippen molar-refractivity contribution < 1.29 is 17.9 Å². The van der Waals surface area contributed by atoms with E-state index in [4.69, 9.17) is 4.74 Å². The molecule has 0 radical (unpaired) electrons. The van der Waals surface area contributed by atoms with E-state index in [2.05, 4.69) is 15.9 Å². The van der Waals surface area contributed by atoms with Crippen LogP contribution in [0.3, 0.4) is 0 Å². The van der Waals surface area contributed by atoms with Gasteiger partial charge in [-0.2, -0.15) is 13.2 Å². The molecule has 5 heteroatoms. The zero-order valence-corrected chi connectivity index (χ0v) is 11.5. The Morgan fingerprint density at radius 2 is 1.68 bits per heavy atom. The molecule has 0 saturated carbocycles. The average Bonchev–Trinajstić information content (AvgIpc) is 2.37. The molecule has 0 heterocycles. The van der Waals surface area contributed by atoms with Crippen molar-refractivity contribution in [3.8, 4) is 16.9 Å². The second-order valence-electron chi connectivity index (χ2n) is 3.89. The van der Waals surface area contributed by atoms with Crippen LogP contribution in [0.25, 0.3) is 11.1 Å². The summed E-state index contributed by atoms with van der Waals surface area (Å²) in [6.07, 6.45) is -4.41. The van der Waals surface area contributed by atoms with Crippen LogP contribution < -0.4 is 4.74 Å². The maximum absolute atomic E-state index is 13.0. The molecule has 0 amide bonds. The maximum Gasteiger partial charge on any atom is 0.417 e. The van der Waals surface area contributed by atoms with Crippen molar-refractivity contribution in [1.82, 2.24) is 0 Å². The van der Waals surface area contributed by atoms with Crippen LogP contribution >= 0.6 is 15.9 Å². The molecule has 0 fully saturated rings. The van der Waals surface area contributed by atoms with Gasteiger partial charge < -0.3 is 4.74 Å². The van der Waals surface area contributed by atoms with E-state index in [0.717, 1.165) is 6.07 Å². The summed E-state index contributed by atoms with van der Waals surface area (Å²) in [5.74, 6) is 0.408. The molecule has 0 saturated heterocycles. The van der Waals surface area contributed by atoms with Crippen molar-refractivity contribution in [2.24, 2.45) is 0 Å². The fourth-order valence-electron chi connectivity index (χ4n) is 1.85. The van der Waals surface area contributed by atoms with Crippen molar-refractivity contribution >= 4 is 15.9 Å². The van der Waals surface area contributed by atoms with E-state index in [1.807, 2.05) is 0 Å². The van der Waals surface area contributed by atoms with Gasteiger partial charge in [0.1, 0.15) is 5.75 Å². The van der Waals surface area contributed by atoms with Crippen LogP contribution in [-0.2, 0) is 6.18 Å². The van der Waals surface area contributed by atoms with Crippen LogP contribution in [0.4, 0.5) is 13.2 Å². The fraction of sp³-hybridized carbons (Fsp3) is 0.143. The standard InChI is InChI=1S/C14H10BrF3O/c1-19-13-5-3-2-4-10(13)11-8-9(15)6-7-12(11)14(16,17)18/h2-8H,1H3. The van der Waals surface area contributed by atoms with Gasteiger partial charge in [0.25, 0.3) is 0 Å². The van der Waals surface area contributed by atoms with Gasteiger partial charge in [-0.15, -0.1) is 0 Å². The Bertz CT molecular complexity index is 593. The highest BCUT2D eigenvalue weighted by atomic mass is 79.9. The number of benzene rings is 2. The number of alkyl halides is 3. The first-order chi connectivity index (χ1) is 8.93. The van der Waals surface area contributed by atoms with Crippen molar-refractivity contribution in [1.29, 1.82) is 0 Å². The Morgan fingerprint density at radius 3 is 2.32 bits per heavy atom. The zero-order valence-electron chi connectivity index (χ0n) is 9.96. The first kappa shape index (κ1) is 13.9. The Hall–Kier alpha value is -1.49. The summed E-state index contributed by atoms with van der Waals surface area (Å²) in [4.78, 5) is 0. The first-order valence-electron chi connectivity index (χ1n) is 5.43. The van der Waals surface area contributed by atoms with Gasteiger partial charge in [-0.25, -0.2) is 0 Å². The third-order valence-corrected chi connectivity index (χ3v) is 3.18. The molecular weight excluding hydrogens is 321 g/mol. The van der Waals surface area contributed by atoms with Crippen molar-refractivity contribution in [3.63, 3.8) is 0 Å². The molecule has 1 nitrogen and oxygen atoms in total. The van der Waals surface area contributed by atoms with E-state index in [1.165, 1.54) is 19.2 Å². The maximum atomic E-state index is 13.0. The quantitative estimate of drug-likeness (QED) is 0.740. The summed E-state index contributed by atoms with van der Waals surface area (Å²) in [7, 11) is 1.43. The Labute approximate surface area is 117 Å². The van der Waals surface area contributed by atoms with E-state index in [9.17, 15) is 13.2 Å². The smallest absolute Gasteiger partial charge is 0.417 e. The number of hydrogen-bond donors (Lipinski definition) is 0. The van der Waals surface area contributed by atoms with Crippen LogP contribution in [0.2, 0.25) is 0 Å². The zero-order chi connectivity index (χ0) is 14.0. The number of hydrogen-bond acceptors (Lipinski definition) is 1. The second-order valence-corrected chi connectivity index (χ2v) is 4.80. The molecular formula is C14H10BrF3O. The SMILES string of the molecule is COc1ccccc1-c1cc(Br)ccc1C(F)(F)F. The number of ether oxygens (including phenoxy) is 1. The number of methoxy groups -OCH3 is 1. The van der Waals surface area contributed by atoms with Gasteiger partial charge in [0.05, 0.1) is 12.7 Å². The molecule has 0 N–H and O–H groups in total. The lowest BCUT2D eigenvalue weighted by molar-refractivity contribution is -0.137. The van der Waals surface area contributed by atoms with Gasteiger partial charge in [-0.05, 0) is 29.8 Å². The van der Waals surface area contributed by atoms with E-state index in [0.29, 0.717) is 15.8 Å². The molecule has 2 rings (SSSR count). The lowest BCUT2D eigenvalue weighted by Gasteiger charge is -2.15. The summed E-state index contributed by atoms with van der Waals surface area (Å²) in [5, 5.41) is 0. The van der Waals surface area contributed by atoms with Crippen LogP contribution in [0.15, 0.2) is 46.9 Å². The van der Waals surface area contributed by atoms with Gasteiger partial charge in [0.15, 0.2) is 0 Å². The van der Waals surface area contributed by atoms with Crippen LogP contribution in [-0.4, -0.2) is 7.11 Å².